The molecule has 264 valence electrons. The maximum Gasteiger partial charge on any atom is 0.0438 e. The van der Waals surface area contributed by atoms with E-state index in [4.69, 9.17) is 10.2 Å². The van der Waals surface area contributed by atoms with Crippen molar-refractivity contribution in [3.8, 4) is 0 Å². The first-order chi connectivity index (χ1) is 21.2. The first-order valence-electron chi connectivity index (χ1n) is 19.2. The molecule has 0 aromatic rings. The Morgan fingerprint density at radius 2 is 0.674 bits per heavy atom. The summed E-state index contributed by atoms with van der Waals surface area (Å²) in [5.74, 6) is 3.21. The fourth-order valence-corrected chi connectivity index (χ4v) is 6.51. The van der Waals surface area contributed by atoms with Crippen molar-refractivity contribution >= 4 is 40.3 Å². The molecule has 2 N–H and O–H groups in total. The molecule has 5 heteroatoms. The van der Waals surface area contributed by atoms with E-state index in [0.29, 0.717) is 6.61 Å². The van der Waals surface area contributed by atoms with Gasteiger partial charge in [0.25, 0.3) is 0 Å². The van der Waals surface area contributed by atoms with Crippen LogP contribution in [0, 0.1) is 0 Å². The van der Waals surface area contributed by atoms with Gasteiger partial charge in [0.2, 0.25) is 0 Å². The summed E-state index contributed by atoms with van der Waals surface area (Å²) in [5.41, 5.74) is 0. The lowest BCUT2D eigenvalue weighted by atomic mass is 10.0. The topological polar surface area (TPSA) is 40.5 Å². The van der Waals surface area contributed by atoms with E-state index in [0.717, 1.165) is 24.3 Å². The molecule has 43 heavy (non-hydrogen) atoms. The van der Waals surface area contributed by atoms with Crippen molar-refractivity contribution in [2.45, 2.75) is 206 Å². The Labute approximate surface area is 291 Å². The molecule has 0 aliphatic heterocycles. The van der Waals surface area contributed by atoms with Gasteiger partial charge in [0.05, 0.1) is 0 Å². The van der Waals surface area contributed by atoms with Crippen molar-refractivity contribution in [3.05, 3.63) is 0 Å². The van der Waals surface area contributed by atoms with Gasteiger partial charge >= 0.3 is 0 Å². The van der Waals surface area contributed by atoms with Crippen LogP contribution in [0.3, 0.4) is 0 Å². The van der Waals surface area contributed by atoms with Crippen molar-refractivity contribution in [3.63, 3.8) is 0 Å². The van der Waals surface area contributed by atoms with Gasteiger partial charge < -0.3 is 10.2 Å². The van der Waals surface area contributed by atoms with Crippen LogP contribution in [0.2, 0.25) is 0 Å². The SMILES string of the molecule is CCCCCCCCCCCCCCCCBr.CCCCCCCCCCCCCCCCSCCCO.OCCCS. The number of halogens is 1. The summed E-state index contributed by atoms with van der Waals surface area (Å²) in [7, 11) is 0. The molecule has 0 radical (unpaired) electrons. The molecule has 0 heterocycles. The number of aliphatic hydroxyl groups is 2. The summed E-state index contributed by atoms with van der Waals surface area (Å²) < 4.78 is 0. The second-order valence-electron chi connectivity index (χ2n) is 12.4. The molecule has 0 saturated heterocycles. The van der Waals surface area contributed by atoms with Crippen LogP contribution in [0.25, 0.3) is 0 Å². The quantitative estimate of drug-likeness (QED) is 0.0353. The Morgan fingerprint density at radius 1 is 0.395 bits per heavy atom. The largest absolute Gasteiger partial charge is 0.396 e. The molecule has 2 nitrogen and oxygen atoms in total. The van der Waals surface area contributed by atoms with Gasteiger partial charge in [0.15, 0.2) is 0 Å². The summed E-state index contributed by atoms with van der Waals surface area (Å²) in [6, 6.07) is 0. The van der Waals surface area contributed by atoms with Gasteiger partial charge in [0, 0.05) is 18.5 Å². The van der Waals surface area contributed by atoms with Crippen LogP contribution in [0.5, 0.6) is 0 Å². The molecule has 0 fully saturated rings. The molecular weight excluding hydrogens is 632 g/mol. The van der Waals surface area contributed by atoms with Crippen molar-refractivity contribution in [2.75, 3.05) is 35.8 Å². The van der Waals surface area contributed by atoms with E-state index in [1.54, 1.807) is 0 Å². The lowest BCUT2D eigenvalue weighted by Gasteiger charge is -2.03. The zero-order chi connectivity index (χ0) is 32.2. The fraction of sp³-hybridized carbons (Fsp3) is 1.00. The number of alkyl halides is 1. The smallest absolute Gasteiger partial charge is 0.0438 e. The van der Waals surface area contributed by atoms with E-state index in [9.17, 15) is 0 Å². The average molecular weight is 714 g/mol. The molecule has 0 aromatic heterocycles. The molecule has 0 bridgehead atoms. The number of rotatable bonds is 34. The number of hydrogen-bond acceptors (Lipinski definition) is 4. The van der Waals surface area contributed by atoms with Gasteiger partial charge in [-0.1, -0.05) is 197 Å². The zero-order valence-electron chi connectivity index (χ0n) is 29.6. The molecule has 0 aliphatic carbocycles. The van der Waals surface area contributed by atoms with Crippen LogP contribution < -0.4 is 0 Å². The van der Waals surface area contributed by atoms with Gasteiger partial charge in [-0.15, -0.1) is 0 Å². The number of thioether (sulfide) groups is 1. The van der Waals surface area contributed by atoms with E-state index in [1.165, 1.54) is 191 Å². The molecule has 0 rings (SSSR count). The Bertz CT molecular complexity index is 381. The third-order valence-corrected chi connectivity index (χ3v) is 9.92. The highest BCUT2D eigenvalue weighted by Gasteiger charge is 1.95. The van der Waals surface area contributed by atoms with Crippen molar-refractivity contribution in [1.29, 1.82) is 0 Å². The van der Waals surface area contributed by atoms with Crippen LogP contribution in [0.4, 0.5) is 0 Å². The first-order valence-corrected chi connectivity index (χ1v) is 22.1. The number of thiol groups is 1. The van der Waals surface area contributed by atoms with Crippen molar-refractivity contribution < 1.29 is 10.2 Å². The summed E-state index contributed by atoms with van der Waals surface area (Å²) in [6.45, 7) is 5.20. The average Bonchev–Trinajstić information content (AvgIpc) is 3.02. The monoisotopic (exact) mass is 712 g/mol. The molecule has 0 saturated carbocycles. The lowest BCUT2D eigenvalue weighted by molar-refractivity contribution is 0.296. The van der Waals surface area contributed by atoms with Gasteiger partial charge in [-0.3, -0.25) is 0 Å². The number of unbranched alkanes of at least 4 members (excludes halogenated alkanes) is 26. The Balaban J connectivity index is -0.000000652. The molecular formula is C38H81BrO2S2. The summed E-state index contributed by atoms with van der Waals surface area (Å²) in [4.78, 5) is 0. The lowest BCUT2D eigenvalue weighted by Crippen LogP contribution is -1.88. The van der Waals surface area contributed by atoms with Crippen LogP contribution >= 0.6 is 40.3 Å². The van der Waals surface area contributed by atoms with E-state index < -0.39 is 0 Å². The van der Waals surface area contributed by atoms with Crippen LogP contribution in [-0.2, 0) is 0 Å². The standard InChI is InChI=1S/C19H40OS.C16H33Br.C3H8OS/c1-2-3-4-5-6-7-8-9-10-11-12-13-14-15-18-21-19-16-17-20;1-2-3-4-5-6-7-8-9-10-11-12-13-14-15-16-17;4-2-1-3-5/h20H,2-19H2,1H3;2-16H2,1H3;4-5H,1-3H2. The normalized spacial score (nSPS) is 10.7. The predicted molar refractivity (Wildman–Crippen MR) is 209 cm³/mol. The minimum Gasteiger partial charge on any atom is -0.396 e. The highest BCUT2D eigenvalue weighted by atomic mass is 79.9. The molecule has 0 aliphatic rings. The second-order valence-corrected chi connectivity index (χ2v) is 14.8. The molecule has 0 spiro atoms. The molecule has 0 amide bonds. The molecule has 0 unspecified atom stereocenters. The third kappa shape index (κ3) is 59.1. The van der Waals surface area contributed by atoms with Gasteiger partial charge in [-0.2, -0.15) is 24.4 Å². The highest BCUT2D eigenvalue weighted by Crippen LogP contribution is 2.15. The molecule has 0 aromatic carbocycles. The summed E-state index contributed by atoms with van der Waals surface area (Å²) in [5, 5.41) is 17.9. The van der Waals surface area contributed by atoms with Crippen LogP contribution in [0.1, 0.15) is 206 Å². The van der Waals surface area contributed by atoms with Crippen molar-refractivity contribution in [1.82, 2.24) is 0 Å². The second kappa shape index (κ2) is 52.6. The maximum atomic E-state index is 8.68. The third-order valence-electron chi connectivity index (χ3n) is 7.89. The van der Waals surface area contributed by atoms with Gasteiger partial charge in [0.1, 0.15) is 0 Å². The molecule has 0 atom stereocenters. The van der Waals surface area contributed by atoms with E-state index >= 15 is 0 Å². The van der Waals surface area contributed by atoms with E-state index in [2.05, 4.69) is 42.4 Å². The predicted octanol–water partition coefficient (Wildman–Crippen LogP) is 13.7. The van der Waals surface area contributed by atoms with Gasteiger partial charge in [-0.25, -0.2) is 0 Å². The fourth-order valence-electron chi connectivity index (χ4n) is 5.03. The zero-order valence-corrected chi connectivity index (χ0v) is 32.9. The van der Waals surface area contributed by atoms with E-state index in [1.807, 2.05) is 11.8 Å². The Hall–Kier alpha value is 1.10. The van der Waals surface area contributed by atoms with E-state index in [-0.39, 0.29) is 6.61 Å². The number of hydrogen-bond donors (Lipinski definition) is 3. The van der Waals surface area contributed by atoms with Gasteiger partial charge in [-0.05, 0) is 42.9 Å². The summed E-state index contributed by atoms with van der Waals surface area (Å²) in [6.07, 6.45) is 42.2. The summed E-state index contributed by atoms with van der Waals surface area (Å²) >= 11 is 9.33. The highest BCUT2D eigenvalue weighted by molar-refractivity contribution is 9.09. The minimum atomic E-state index is 0.267. The Kier molecular flexibility index (Phi) is 59.4. The first kappa shape index (κ1) is 48.5. The maximum absolute atomic E-state index is 8.68. The van der Waals surface area contributed by atoms with Crippen LogP contribution in [-0.4, -0.2) is 46.0 Å². The minimum absolute atomic E-state index is 0.267. The number of aliphatic hydroxyl groups excluding tert-OH is 2. The van der Waals surface area contributed by atoms with Crippen LogP contribution in [0.15, 0.2) is 0 Å². The Morgan fingerprint density at radius 3 is 0.930 bits per heavy atom. The van der Waals surface area contributed by atoms with Crippen molar-refractivity contribution in [2.24, 2.45) is 0 Å².